The number of fused-ring (bicyclic) bond motifs is 1. The lowest BCUT2D eigenvalue weighted by Crippen LogP contribution is -2.03. The molecule has 20 heavy (non-hydrogen) atoms. The number of aryl methyl sites for hydroxylation is 1. The highest BCUT2D eigenvalue weighted by molar-refractivity contribution is 6.32. The monoisotopic (exact) mass is 305 g/mol. The Bertz CT molecular complexity index is 778. The number of rotatable bonds is 2. The number of hydrogen-bond acceptors (Lipinski definition) is 2. The molecule has 0 aliphatic rings. The van der Waals surface area contributed by atoms with Gasteiger partial charge < -0.3 is 0 Å². The van der Waals surface area contributed by atoms with Crippen molar-refractivity contribution < 1.29 is 0 Å². The number of halogens is 2. The van der Waals surface area contributed by atoms with Gasteiger partial charge in [-0.3, -0.25) is 4.57 Å². The standard InChI is InChI=1S/C15H13Cl2N3/c1-9-7-8-12-15(18-9)20(14(19-12)10(2)16)13-6-4-3-5-11(13)17/h3-8,10H,1-2H3. The van der Waals surface area contributed by atoms with Gasteiger partial charge in [-0.1, -0.05) is 23.7 Å². The maximum absolute atomic E-state index is 6.31. The van der Waals surface area contributed by atoms with Crippen LogP contribution in [0.3, 0.4) is 0 Å². The molecule has 0 bridgehead atoms. The Balaban J connectivity index is 2.40. The van der Waals surface area contributed by atoms with Crippen LogP contribution in [-0.4, -0.2) is 14.5 Å². The average Bonchev–Trinajstić information content (AvgIpc) is 2.78. The van der Waals surface area contributed by atoms with Crippen molar-refractivity contribution in [3.63, 3.8) is 0 Å². The first-order valence-corrected chi connectivity index (χ1v) is 7.14. The lowest BCUT2D eigenvalue weighted by molar-refractivity contribution is 0.876. The molecule has 5 heteroatoms. The van der Waals surface area contributed by atoms with Crippen LogP contribution in [0.5, 0.6) is 0 Å². The summed E-state index contributed by atoms with van der Waals surface area (Å²) in [6.45, 7) is 3.84. The number of alkyl halides is 1. The second kappa shape index (κ2) is 5.08. The third-order valence-electron chi connectivity index (χ3n) is 3.12. The van der Waals surface area contributed by atoms with Crippen molar-refractivity contribution in [2.24, 2.45) is 0 Å². The summed E-state index contributed by atoms with van der Waals surface area (Å²) in [6.07, 6.45) is 0. The molecular weight excluding hydrogens is 293 g/mol. The zero-order valence-electron chi connectivity index (χ0n) is 11.1. The van der Waals surface area contributed by atoms with Crippen LogP contribution in [0.25, 0.3) is 16.9 Å². The molecule has 2 aromatic heterocycles. The van der Waals surface area contributed by atoms with E-state index in [2.05, 4.69) is 9.97 Å². The Kier molecular flexibility index (Phi) is 3.40. The Morgan fingerprint density at radius 1 is 1.10 bits per heavy atom. The van der Waals surface area contributed by atoms with E-state index in [0.717, 1.165) is 28.4 Å². The Morgan fingerprint density at radius 2 is 1.85 bits per heavy atom. The van der Waals surface area contributed by atoms with Crippen molar-refractivity contribution in [2.75, 3.05) is 0 Å². The Labute approximate surface area is 127 Å². The molecule has 0 N–H and O–H groups in total. The fraction of sp³-hybridized carbons (Fsp3) is 0.200. The van der Waals surface area contributed by atoms with Gasteiger partial charge in [-0.25, -0.2) is 9.97 Å². The highest BCUT2D eigenvalue weighted by Crippen LogP contribution is 2.30. The summed E-state index contributed by atoms with van der Waals surface area (Å²) < 4.78 is 1.93. The van der Waals surface area contributed by atoms with Crippen LogP contribution in [0, 0.1) is 6.92 Å². The van der Waals surface area contributed by atoms with E-state index in [1.807, 2.05) is 54.8 Å². The van der Waals surface area contributed by atoms with Gasteiger partial charge in [0.15, 0.2) is 5.65 Å². The number of para-hydroxylation sites is 1. The minimum Gasteiger partial charge on any atom is -0.278 e. The van der Waals surface area contributed by atoms with Gasteiger partial charge in [0.05, 0.1) is 16.1 Å². The van der Waals surface area contributed by atoms with E-state index >= 15 is 0 Å². The molecule has 0 aliphatic carbocycles. The highest BCUT2D eigenvalue weighted by atomic mass is 35.5. The predicted molar refractivity (Wildman–Crippen MR) is 82.9 cm³/mol. The normalized spacial score (nSPS) is 12.8. The lowest BCUT2D eigenvalue weighted by Gasteiger charge is -2.11. The van der Waals surface area contributed by atoms with Gasteiger partial charge in [0.1, 0.15) is 11.3 Å². The second-order valence-corrected chi connectivity index (χ2v) is 5.73. The van der Waals surface area contributed by atoms with Gasteiger partial charge in [-0.15, -0.1) is 11.6 Å². The van der Waals surface area contributed by atoms with Crippen molar-refractivity contribution in [3.8, 4) is 5.69 Å². The minimum absolute atomic E-state index is 0.235. The molecule has 1 atom stereocenters. The number of hydrogen-bond donors (Lipinski definition) is 0. The zero-order valence-corrected chi connectivity index (χ0v) is 12.7. The van der Waals surface area contributed by atoms with Crippen molar-refractivity contribution >= 4 is 34.4 Å². The number of nitrogens with zero attached hydrogens (tertiary/aromatic N) is 3. The first-order valence-electron chi connectivity index (χ1n) is 6.33. The first kappa shape index (κ1) is 13.4. The Hall–Kier alpha value is -1.58. The first-order chi connectivity index (χ1) is 9.58. The average molecular weight is 306 g/mol. The van der Waals surface area contributed by atoms with Crippen LogP contribution in [-0.2, 0) is 0 Å². The van der Waals surface area contributed by atoms with E-state index in [9.17, 15) is 0 Å². The molecule has 3 rings (SSSR count). The van der Waals surface area contributed by atoms with Gasteiger partial charge >= 0.3 is 0 Å². The summed E-state index contributed by atoms with van der Waals surface area (Å²) >= 11 is 12.6. The van der Waals surface area contributed by atoms with Gasteiger partial charge in [-0.2, -0.15) is 0 Å². The van der Waals surface area contributed by atoms with E-state index in [0.29, 0.717) is 5.02 Å². The number of benzene rings is 1. The molecule has 0 saturated carbocycles. The molecule has 1 unspecified atom stereocenters. The van der Waals surface area contributed by atoms with E-state index in [1.54, 1.807) is 0 Å². The SMILES string of the molecule is Cc1ccc2nc(C(C)Cl)n(-c3ccccc3Cl)c2n1. The van der Waals surface area contributed by atoms with Crippen molar-refractivity contribution in [1.29, 1.82) is 0 Å². The molecule has 0 spiro atoms. The van der Waals surface area contributed by atoms with Crippen LogP contribution in [0.4, 0.5) is 0 Å². The van der Waals surface area contributed by atoms with Gasteiger partial charge in [0, 0.05) is 5.69 Å². The zero-order chi connectivity index (χ0) is 14.3. The maximum Gasteiger partial charge on any atom is 0.165 e. The van der Waals surface area contributed by atoms with Crippen LogP contribution in [0.2, 0.25) is 5.02 Å². The van der Waals surface area contributed by atoms with E-state index in [4.69, 9.17) is 23.2 Å². The largest absolute Gasteiger partial charge is 0.278 e. The minimum atomic E-state index is -0.235. The summed E-state index contributed by atoms with van der Waals surface area (Å²) in [5.41, 5.74) is 3.37. The molecule has 102 valence electrons. The van der Waals surface area contributed by atoms with Gasteiger partial charge in [-0.05, 0) is 38.1 Å². The molecule has 0 radical (unpaired) electrons. The Morgan fingerprint density at radius 3 is 2.55 bits per heavy atom. The fourth-order valence-electron chi connectivity index (χ4n) is 2.21. The van der Waals surface area contributed by atoms with E-state index < -0.39 is 0 Å². The number of pyridine rings is 1. The van der Waals surface area contributed by atoms with Gasteiger partial charge in [0.25, 0.3) is 0 Å². The fourth-order valence-corrected chi connectivity index (χ4v) is 2.57. The molecule has 2 heterocycles. The van der Waals surface area contributed by atoms with Crippen molar-refractivity contribution in [2.45, 2.75) is 19.2 Å². The molecular formula is C15H13Cl2N3. The molecule has 0 fully saturated rings. The van der Waals surface area contributed by atoms with Crippen LogP contribution >= 0.6 is 23.2 Å². The number of imidazole rings is 1. The molecule has 3 nitrogen and oxygen atoms in total. The lowest BCUT2D eigenvalue weighted by atomic mass is 10.3. The second-order valence-electron chi connectivity index (χ2n) is 4.67. The van der Waals surface area contributed by atoms with E-state index in [1.165, 1.54) is 0 Å². The summed E-state index contributed by atoms with van der Waals surface area (Å²) in [5.74, 6) is 0.743. The van der Waals surface area contributed by atoms with Crippen LogP contribution in [0.15, 0.2) is 36.4 Å². The topological polar surface area (TPSA) is 30.7 Å². The third-order valence-corrected chi connectivity index (χ3v) is 3.63. The summed E-state index contributed by atoms with van der Waals surface area (Å²) in [6, 6.07) is 11.5. The summed E-state index contributed by atoms with van der Waals surface area (Å²) in [4.78, 5) is 9.16. The highest BCUT2D eigenvalue weighted by Gasteiger charge is 2.18. The predicted octanol–water partition coefficient (Wildman–Crippen LogP) is 4.68. The van der Waals surface area contributed by atoms with Gasteiger partial charge in [0.2, 0.25) is 0 Å². The number of aromatic nitrogens is 3. The molecule has 3 aromatic rings. The van der Waals surface area contributed by atoms with Crippen LogP contribution in [0.1, 0.15) is 23.8 Å². The third kappa shape index (κ3) is 2.17. The molecule has 0 saturated heterocycles. The molecule has 0 aliphatic heterocycles. The van der Waals surface area contributed by atoms with Crippen LogP contribution < -0.4 is 0 Å². The summed E-state index contributed by atoms with van der Waals surface area (Å²) in [7, 11) is 0. The quantitative estimate of drug-likeness (QED) is 0.643. The molecule has 0 amide bonds. The molecule has 1 aromatic carbocycles. The summed E-state index contributed by atoms with van der Waals surface area (Å²) in [5, 5.41) is 0.412. The smallest absolute Gasteiger partial charge is 0.165 e. The van der Waals surface area contributed by atoms with E-state index in [-0.39, 0.29) is 5.38 Å². The maximum atomic E-state index is 6.31. The van der Waals surface area contributed by atoms with Crippen molar-refractivity contribution in [3.05, 3.63) is 52.9 Å². The van der Waals surface area contributed by atoms with Crippen molar-refractivity contribution in [1.82, 2.24) is 14.5 Å².